The van der Waals surface area contributed by atoms with Crippen LogP contribution in [0.2, 0.25) is 0 Å². The van der Waals surface area contributed by atoms with Crippen molar-refractivity contribution in [3.63, 3.8) is 0 Å². The highest BCUT2D eigenvalue weighted by Crippen LogP contribution is 2.17. The van der Waals surface area contributed by atoms with Gasteiger partial charge in [0, 0.05) is 24.4 Å². The number of piperidine rings is 1. The molecule has 1 aliphatic rings. The molecule has 0 spiro atoms. The molecule has 0 aromatic carbocycles. The van der Waals surface area contributed by atoms with Gasteiger partial charge in [0.2, 0.25) is 11.8 Å². The molecule has 0 aliphatic carbocycles. The van der Waals surface area contributed by atoms with Gasteiger partial charge in [-0.15, -0.1) is 0 Å². The van der Waals surface area contributed by atoms with Crippen molar-refractivity contribution in [3.05, 3.63) is 28.7 Å². The third-order valence-corrected chi connectivity index (χ3v) is 2.51. The van der Waals surface area contributed by atoms with Gasteiger partial charge in [-0.25, -0.2) is 0 Å². The molecule has 1 atom stereocenters. The number of nitrogens with two attached hydrogens (primary N) is 1. The molecule has 0 bridgehead atoms. The number of nitrogen functional groups attached to an aromatic ring is 1. The molecule has 84 valence electrons. The Hall–Kier alpha value is -2.11. The molecule has 2 rings (SSSR count). The van der Waals surface area contributed by atoms with E-state index >= 15 is 0 Å². The van der Waals surface area contributed by atoms with Gasteiger partial charge in [-0.05, 0) is 12.5 Å². The van der Waals surface area contributed by atoms with Gasteiger partial charge >= 0.3 is 0 Å². The summed E-state index contributed by atoms with van der Waals surface area (Å²) in [6.45, 7) is 0. The number of aromatic nitrogens is 1. The zero-order valence-corrected chi connectivity index (χ0v) is 8.47. The summed E-state index contributed by atoms with van der Waals surface area (Å²) < 4.78 is 1.26. The SMILES string of the molecule is Nc1ccc(=O)n(C2CCC(=O)NC2=O)c1. The van der Waals surface area contributed by atoms with Crippen LogP contribution in [0.3, 0.4) is 0 Å². The first-order chi connectivity index (χ1) is 7.58. The Kier molecular flexibility index (Phi) is 2.47. The molecule has 1 saturated heterocycles. The van der Waals surface area contributed by atoms with Crippen molar-refractivity contribution in [2.45, 2.75) is 18.9 Å². The second-order valence-corrected chi connectivity index (χ2v) is 3.67. The summed E-state index contributed by atoms with van der Waals surface area (Å²) in [5.41, 5.74) is 5.65. The number of pyridine rings is 1. The lowest BCUT2D eigenvalue weighted by molar-refractivity contribution is -0.135. The fraction of sp³-hybridized carbons (Fsp3) is 0.300. The maximum atomic E-state index is 11.5. The van der Waals surface area contributed by atoms with Crippen molar-refractivity contribution in [1.29, 1.82) is 0 Å². The first-order valence-electron chi connectivity index (χ1n) is 4.89. The molecule has 6 nitrogen and oxygen atoms in total. The van der Waals surface area contributed by atoms with Crippen LogP contribution in [0.4, 0.5) is 5.69 Å². The Bertz CT molecular complexity index is 506. The molecule has 6 heteroatoms. The molecule has 1 aliphatic heterocycles. The molecule has 2 heterocycles. The van der Waals surface area contributed by atoms with Crippen LogP contribution in [-0.4, -0.2) is 16.4 Å². The minimum atomic E-state index is -0.645. The monoisotopic (exact) mass is 221 g/mol. The summed E-state index contributed by atoms with van der Waals surface area (Å²) in [5.74, 6) is -0.762. The number of hydrogen-bond donors (Lipinski definition) is 2. The summed E-state index contributed by atoms with van der Waals surface area (Å²) in [5, 5.41) is 2.20. The van der Waals surface area contributed by atoms with E-state index < -0.39 is 11.9 Å². The number of hydrogen-bond acceptors (Lipinski definition) is 4. The van der Waals surface area contributed by atoms with E-state index in [2.05, 4.69) is 5.32 Å². The summed E-state index contributed by atoms with van der Waals surface area (Å²) in [4.78, 5) is 34.0. The standard InChI is InChI=1S/C10H11N3O3/c11-6-1-4-9(15)13(5-6)7-2-3-8(14)12-10(7)16/h1,4-5,7H,2-3,11H2,(H,12,14,16). The summed E-state index contributed by atoms with van der Waals surface area (Å²) in [7, 11) is 0. The molecule has 16 heavy (non-hydrogen) atoms. The highest BCUT2D eigenvalue weighted by atomic mass is 16.2. The van der Waals surface area contributed by atoms with E-state index in [1.807, 2.05) is 0 Å². The maximum absolute atomic E-state index is 11.5. The topological polar surface area (TPSA) is 94.2 Å². The van der Waals surface area contributed by atoms with Gasteiger partial charge in [-0.3, -0.25) is 19.7 Å². The predicted molar refractivity (Wildman–Crippen MR) is 56.5 cm³/mol. The molecule has 2 amide bonds. The molecule has 1 aromatic heterocycles. The highest BCUT2D eigenvalue weighted by Gasteiger charge is 2.28. The molecular weight excluding hydrogens is 210 g/mol. The second kappa shape index (κ2) is 3.80. The molecule has 1 fully saturated rings. The van der Waals surface area contributed by atoms with Crippen LogP contribution in [0.1, 0.15) is 18.9 Å². The molecule has 0 radical (unpaired) electrons. The third-order valence-electron chi connectivity index (χ3n) is 2.51. The van der Waals surface area contributed by atoms with E-state index in [4.69, 9.17) is 5.73 Å². The van der Waals surface area contributed by atoms with Crippen molar-refractivity contribution in [2.75, 3.05) is 5.73 Å². The lowest BCUT2D eigenvalue weighted by Crippen LogP contribution is -2.44. The van der Waals surface area contributed by atoms with Crippen molar-refractivity contribution < 1.29 is 9.59 Å². The maximum Gasteiger partial charge on any atom is 0.251 e. The molecular formula is C10H11N3O3. The van der Waals surface area contributed by atoms with Gasteiger partial charge in [-0.1, -0.05) is 0 Å². The van der Waals surface area contributed by atoms with Crippen LogP contribution in [-0.2, 0) is 9.59 Å². The zero-order valence-electron chi connectivity index (χ0n) is 8.47. The van der Waals surface area contributed by atoms with Crippen LogP contribution in [0.5, 0.6) is 0 Å². The Morgan fingerprint density at radius 2 is 2.06 bits per heavy atom. The van der Waals surface area contributed by atoms with Crippen LogP contribution < -0.4 is 16.6 Å². The number of imide groups is 1. The second-order valence-electron chi connectivity index (χ2n) is 3.67. The van der Waals surface area contributed by atoms with E-state index in [1.165, 1.54) is 22.9 Å². The Labute approximate surface area is 91.1 Å². The molecule has 1 aromatic rings. The number of rotatable bonds is 1. The number of carbonyl (C=O) groups is 2. The van der Waals surface area contributed by atoms with E-state index in [0.29, 0.717) is 12.1 Å². The van der Waals surface area contributed by atoms with Crippen LogP contribution >= 0.6 is 0 Å². The molecule has 3 N–H and O–H groups in total. The quantitative estimate of drug-likeness (QED) is 0.619. The number of amides is 2. The third kappa shape index (κ3) is 1.81. The fourth-order valence-corrected chi connectivity index (χ4v) is 1.71. The average Bonchev–Trinajstić information content (AvgIpc) is 2.22. The van der Waals surface area contributed by atoms with Crippen molar-refractivity contribution in [2.24, 2.45) is 0 Å². The van der Waals surface area contributed by atoms with Gasteiger partial charge < -0.3 is 10.3 Å². The lowest BCUT2D eigenvalue weighted by Gasteiger charge is -2.22. The zero-order chi connectivity index (χ0) is 11.7. The normalized spacial score (nSPS) is 20.6. The van der Waals surface area contributed by atoms with E-state index in [9.17, 15) is 14.4 Å². The Morgan fingerprint density at radius 1 is 1.31 bits per heavy atom. The van der Waals surface area contributed by atoms with Gasteiger partial charge in [0.1, 0.15) is 6.04 Å². The first-order valence-corrected chi connectivity index (χ1v) is 4.89. The number of nitrogens with one attached hydrogen (secondary N) is 1. The van der Waals surface area contributed by atoms with Crippen molar-refractivity contribution >= 4 is 17.5 Å². The van der Waals surface area contributed by atoms with Gasteiger partial charge in [-0.2, -0.15) is 0 Å². The number of anilines is 1. The van der Waals surface area contributed by atoms with Crippen LogP contribution in [0.15, 0.2) is 23.1 Å². The van der Waals surface area contributed by atoms with Gasteiger partial charge in [0.25, 0.3) is 5.56 Å². The number of nitrogens with zero attached hydrogens (tertiary/aromatic N) is 1. The van der Waals surface area contributed by atoms with Gasteiger partial charge in [0.15, 0.2) is 0 Å². The summed E-state index contributed by atoms with van der Waals surface area (Å²) in [6, 6.07) is 2.14. The number of carbonyl (C=O) groups excluding carboxylic acids is 2. The van der Waals surface area contributed by atoms with Crippen molar-refractivity contribution in [3.8, 4) is 0 Å². The first kappa shape index (κ1) is 10.4. The Morgan fingerprint density at radius 3 is 2.75 bits per heavy atom. The van der Waals surface area contributed by atoms with E-state index in [1.54, 1.807) is 0 Å². The summed E-state index contributed by atoms with van der Waals surface area (Å²) in [6.07, 6.45) is 1.98. The van der Waals surface area contributed by atoms with Crippen LogP contribution in [0, 0.1) is 0 Å². The molecule has 1 unspecified atom stereocenters. The predicted octanol–water partition coefficient (Wildman–Crippen LogP) is -0.592. The fourth-order valence-electron chi connectivity index (χ4n) is 1.71. The van der Waals surface area contributed by atoms with Crippen LogP contribution in [0.25, 0.3) is 0 Å². The van der Waals surface area contributed by atoms with E-state index in [-0.39, 0.29) is 17.9 Å². The largest absolute Gasteiger partial charge is 0.398 e. The smallest absolute Gasteiger partial charge is 0.251 e. The summed E-state index contributed by atoms with van der Waals surface area (Å²) >= 11 is 0. The minimum absolute atomic E-state index is 0.234. The highest BCUT2D eigenvalue weighted by molar-refractivity contribution is 5.99. The Balaban J connectivity index is 2.37. The lowest BCUT2D eigenvalue weighted by atomic mass is 10.1. The van der Waals surface area contributed by atoms with E-state index in [0.717, 1.165) is 0 Å². The average molecular weight is 221 g/mol. The van der Waals surface area contributed by atoms with Crippen molar-refractivity contribution in [1.82, 2.24) is 9.88 Å². The molecule has 0 saturated carbocycles. The minimum Gasteiger partial charge on any atom is -0.398 e. The van der Waals surface area contributed by atoms with Gasteiger partial charge in [0.05, 0.1) is 0 Å².